The smallest absolute Gasteiger partial charge is 0.340 e. The Labute approximate surface area is 137 Å². The average molecular weight is 343 g/mol. The second-order valence-corrected chi connectivity index (χ2v) is 6.61. The molecule has 2 fully saturated rings. The summed E-state index contributed by atoms with van der Waals surface area (Å²) in [7, 11) is 0. The maximum absolute atomic E-state index is 13.1. The third-order valence-electron chi connectivity index (χ3n) is 4.71. The van der Waals surface area contributed by atoms with Gasteiger partial charge in [-0.1, -0.05) is 0 Å². The highest BCUT2D eigenvalue weighted by atomic mass is 19.4. The first-order valence-electron chi connectivity index (χ1n) is 8.26. The van der Waals surface area contributed by atoms with Crippen LogP contribution in [0.25, 0.3) is 0 Å². The van der Waals surface area contributed by atoms with Gasteiger partial charge in [-0.25, -0.2) is 4.68 Å². The summed E-state index contributed by atoms with van der Waals surface area (Å²) in [5.74, 6) is -0.147. The van der Waals surface area contributed by atoms with Crippen molar-refractivity contribution in [1.29, 1.82) is 0 Å². The first-order valence-corrected chi connectivity index (χ1v) is 8.26. The van der Waals surface area contributed by atoms with Crippen molar-refractivity contribution >= 4 is 5.91 Å². The predicted octanol–water partition coefficient (Wildman–Crippen LogP) is 2.54. The van der Waals surface area contributed by atoms with E-state index in [1.807, 2.05) is 6.92 Å². The van der Waals surface area contributed by atoms with E-state index in [2.05, 4.69) is 5.10 Å². The lowest BCUT2D eigenvalue weighted by Crippen LogP contribution is -2.36. The minimum absolute atomic E-state index is 0.00717. The zero-order valence-corrected chi connectivity index (χ0v) is 13.5. The number of aromatic nitrogens is 2. The van der Waals surface area contributed by atoms with Gasteiger partial charge in [0, 0.05) is 24.9 Å². The lowest BCUT2D eigenvalue weighted by Gasteiger charge is -2.21. The second kappa shape index (κ2) is 6.22. The van der Waals surface area contributed by atoms with Crippen molar-refractivity contribution in [2.45, 2.75) is 63.7 Å². The Bertz CT molecular complexity index is 695. The van der Waals surface area contributed by atoms with Gasteiger partial charge in [-0.05, 0) is 38.7 Å². The number of alkyl halides is 3. The molecule has 0 aromatic carbocycles. The van der Waals surface area contributed by atoms with Crippen LogP contribution >= 0.6 is 0 Å². The van der Waals surface area contributed by atoms with Gasteiger partial charge in [0.05, 0.1) is 12.2 Å². The van der Waals surface area contributed by atoms with E-state index >= 15 is 0 Å². The van der Waals surface area contributed by atoms with E-state index in [9.17, 15) is 22.8 Å². The Morgan fingerprint density at radius 2 is 2.04 bits per heavy atom. The van der Waals surface area contributed by atoms with E-state index in [0.717, 1.165) is 36.4 Å². The zero-order valence-electron chi connectivity index (χ0n) is 13.5. The summed E-state index contributed by atoms with van der Waals surface area (Å²) in [6.07, 6.45) is -1.29. The molecule has 5 nitrogen and oxygen atoms in total. The number of carbonyl (C=O) groups is 1. The fraction of sp³-hybridized carbons (Fsp3) is 0.688. The molecular weight excluding hydrogens is 323 g/mol. The maximum Gasteiger partial charge on any atom is 0.421 e. The Kier molecular flexibility index (Phi) is 4.40. The van der Waals surface area contributed by atoms with Gasteiger partial charge in [0.1, 0.15) is 5.56 Å². The summed E-state index contributed by atoms with van der Waals surface area (Å²) in [5, 5.41) is 4.06. The third-order valence-corrected chi connectivity index (χ3v) is 4.71. The van der Waals surface area contributed by atoms with Gasteiger partial charge < -0.3 is 4.90 Å². The molecule has 8 heteroatoms. The number of nitrogens with zero attached hydrogens (tertiary/aromatic N) is 3. The minimum Gasteiger partial charge on any atom is -0.340 e. The number of halogens is 3. The topological polar surface area (TPSA) is 55.2 Å². The molecule has 132 valence electrons. The molecule has 2 aliphatic rings. The Morgan fingerprint density at radius 1 is 1.33 bits per heavy atom. The van der Waals surface area contributed by atoms with Crippen molar-refractivity contribution in [3.05, 3.63) is 27.7 Å². The molecule has 0 bridgehead atoms. The highest BCUT2D eigenvalue weighted by molar-refractivity contribution is 5.76. The average Bonchev–Trinajstić information content (AvgIpc) is 3.26. The molecule has 1 atom stereocenters. The first kappa shape index (κ1) is 17.0. The van der Waals surface area contributed by atoms with Crippen LogP contribution in [0, 0.1) is 0 Å². The molecule has 2 heterocycles. The number of hydrogen-bond donors (Lipinski definition) is 0. The van der Waals surface area contributed by atoms with Crippen LogP contribution in [-0.4, -0.2) is 33.2 Å². The van der Waals surface area contributed by atoms with Gasteiger partial charge in [-0.3, -0.25) is 9.59 Å². The Balaban J connectivity index is 1.80. The van der Waals surface area contributed by atoms with Crippen molar-refractivity contribution in [2.24, 2.45) is 0 Å². The maximum atomic E-state index is 13.1. The van der Waals surface area contributed by atoms with Crippen LogP contribution in [0.5, 0.6) is 0 Å². The van der Waals surface area contributed by atoms with E-state index in [4.69, 9.17) is 0 Å². The summed E-state index contributed by atoms with van der Waals surface area (Å²) in [6.45, 7) is 2.49. The monoisotopic (exact) mass is 343 g/mol. The summed E-state index contributed by atoms with van der Waals surface area (Å²) in [5.41, 5.74) is -2.07. The van der Waals surface area contributed by atoms with E-state index in [1.54, 1.807) is 4.90 Å². The van der Waals surface area contributed by atoms with Crippen molar-refractivity contribution in [3.63, 3.8) is 0 Å². The Morgan fingerprint density at radius 3 is 2.58 bits per heavy atom. The van der Waals surface area contributed by atoms with Gasteiger partial charge in [0.15, 0.2) is 0 Å². The SMILES string of the molecule is C[C@@H]1CCCN1C(=O)CCn1nc(C2CC2)cc(C(F)(F)F)c1=O. The number of rotatable bonds is 4. The molecule has 1 saturated carbocycles. The van der Waals surface area contributed by atoms with Crippen LogP contribution in [0.3, 0.4) is 0 Å². The van der Waals surface area contributed by atoms with Crippen LogP contribution in [0.1, 0.15) is 56.2 Å². The predicted molar refractivity (Wildman–Crippen MR) is 80.5 cm³/mol. The molecule has 1 aromatic heterocycles. The molecular formula is C16H20F3N3O2. The highest BCUT2D eigenvalue weighted by Gasteiger charge is 2.37. The van der Waals surface area contributed by atoms with E-state index in [-0.39, 0.29) is 30.8 Å². The second-order valence-electron chi connectivity index (χ2n) is 6.61. The van der Waals surface area contributed by atoms with Crippen LogP contribution < -0.4 is 5.56 Å². The van der Waals surface area contributed by atoms with E-state index in [1.165, 1.54) is 0 Å². The molecule has 1 saturated heterocycles. The number of aryl methyl sites for hydroxylation is 1. The van der Waals surface area contributed by atoms with Gasteiger partial charge in [0.25, 0.3) is 5.56 Å². The van der Waals surface area contributed by atoms with E-state index in [0.29, 0.717) is 12.2 Å². The molecule has 24 heavy (non-hydrogen) atoms. The lowest BCUT2D eigenvalue weighted by molar-refractivity contribution is -0.139. The molecule has 1 aromatic rings. The van der Waals surface area contributed by atoms with Gasteiger partial charge in [0.2, 0.25) is 5.91 Å². The van der Waals surface area contributed by atoms with Crippen LogP contribution in [-0.2, 0) is 17.5 Å². The van der Waals surface area contributed by atoms with Crippen molar-refractivity contribution in [2.75, 3.05) is 6.54 Å². The van der Waals surface area contributed by atoms with Crippen molar-refractivity contribution in [3.8, 4) is 0 Å². The third kappa shape index (κ3) is 3.47. The van der Waals surface area contributed by atoms with Gasteiger partial charge in [-0.15, -0.1) is 0 Å². The summed E-state index contributed by atoms with van der Waals surface area (Å²) < 4.78 is 40.0. The quantitative estimate of drug-likeness (QED) is 0.844. The Hall–Kier alpha value is -1.86. The molecule has 0 N–H and O–H groups in total. The zero-order chi connectivity index (χ0) is 17.5. The number of amides is 1. The molecule has 0 spiro atoms. The summed E-state index contributed by atoms with van der Waals surface area (Å²) >= 11 is 0. The highest BCUT2D eigenvalue weighted by Crippen LogP contribution is 2.40. The minimum atomic E-state index is -4.71. The van der Waals surface area contributed by atoms with Crippen LogP contribution in [0.2, 0.25) is 0 Å². The van der Waals surface area contributed by atoms with Gasteiger partial charge >= 0.3 is 6.18 Å². The summed E-state index contributed by atoms with van der Waals surface area (Å²) in [4.78, 5) is 26.0. The molecule has 0 unspecified atom stereocenters. The van der Waals surface area contributed by atoms with Crippen LogP contribution in [0.4, 0.5) is 13.2 Å². The number of likely N-dealkylation sites (tertiary alicyclic amines) is 1. The van der Waals surface area contributed by atoms with Crippen LogP contribution in [0.15, 0.2) is 10.9 Å². The fourth-order valence-corrected chi connectivity index (χ4v) is 3.14. The van der Waals surface area contributed by atoms with Crippen molar-refractivity contribution in [1.82, 2.24) is 14.7 Å². The molecule has 3 rings (SSSR count). The standard InChI is InChI=1S/C16H20F3N3O2/c1-10-3-2-7-21(10)14(23)6-8-22-15(24)12(16(17,18)19)9-13(20-22)11-4-5-11/h9-11H,2-8H2,1H3/t10-/m1/s1. The number of carbonyl (C=O) groups excluding carboxylic acids is 1. The number of hydrogen-bond acceptors (Lipinski definition) is 3. The summed E-state index contributed by atoms with van der Waals surface area (Å²) in [6, 6.07) is 1.01. The van der Waals surface area contributed by atoms with E-state index < -0.39 is 17.3 Å². The normalized spacial score (nSPS) is 21.3. The fourth-order valence-electron chi connectivity index (χ4n) is 3.14. The molecule has 0 radical (unpaired) electrons. The lowest BCUT2D eigenvalue weighted by atomic mass is 10.2. The largest absolute Gasteiger partial charge is 0.421 e. The molecule has 1 aliphatic heterocycles. The molecule has 1 amide bonds. The molecule has 1 aliphatic carbocycles. The van der Waals surface area contributed by atoms with Gasteiger partial charge in [-0.2, -0.15) is 18.3 Å². The van der Waals surface area contributed by atoms with Crippen molar-refractivity contribution < 1.29 is 18.0 Å². The first-order chi connectivity index (χ1) is 11.3.